The minimum Gasteiger partial charge on any atom is -0.460 e. The monoisotopic (exact) mass is 2040 g/mol. The van der Waals surface area contributed by atoms with Crippen molar-refractivity contribution in [1.82, 2.24) is 21.3 Å². The zero-order valence-electron chi connectivity index (χ0n) is 76.5. The number of phosphoric ester groups is 5. The first-order valence-corrected chi connectivity index (χ1v) is 46.6. The molecule has 136 heavy (non-hydrogen) atoms. The molecule has 766 valence electrons. The van der Waals surface area contributed by atoms with Crippen molar-refractivity contribution in [3.63, 3.8) is 0 Å². The molecule has 4 N–H and O–H groups in total. The highest BCUT2D eigenvalue weighted by Crippen LogP contribution is 2.52. The Morgan fingerprint density at radius 3 is 0.449 bits per heavy atom. The van der Waals surface area contributed by atoms with Crippen LogP contribution in [0.2, 0.25) is 0 Å². The normalized spacial score (nSPS) is 10.6. The molecule has 0 fully saturated rings. The molecule has 0 aliphatic rings. The van der Waals surface area contributed by atoms with Crippen LogP contribution in [0.3, 0.4) is 0 Å². The van der Waals surface area contributed by atoms with Crippen molar-refractivity contribution in [2.75, 3.05) is 198 Å². The molecule has 0 radical (unpaired) electrons. The lowest BCUT2D eigenvalue weighted by atomic mass is 10.3. The zero-order chi connectivity index (χ0) is 104. The predicted molar refractivity (Wildman–Crippen MR) is 481 cm³/mol. The number of phosphoric acid groups is 5. The average Bonchev–Trinajstić information content (AvgIpc) is 0.911. The smallest absolute Gasteiger partial charge is 0.460 e. The van der Waals surface area contributed by atoms with Crippen LogP contribution in [-0.4, -0.2) is 287 Å². The van der Waals surface area contributed by atoms with Crippen molar-refractivity contribution in [3.05, 3.63) is 187 Å². The number of amides is 4. The summed E-state index contributed by atoms with van der Waals surface area (Å²) < 4.78 is 190. The number of rotatable bonds is 75. The molecule has 4 amide bonds. The Kier molecular flexibility index (Phi) is 80.3. The molecule has 0 heterocycles. The van der Waals surface area contributed by atoms with Gasteiger partial charge in [0.15, 0.2) is 0 Å². The lowest BCUT2D eigenvalue weighted by molar-refractivity contribution is -0.141. The number of carbonyl (C=O) groups excluding carboxylic acids is 15. The van der Waals surface area contributed by atoms with Crippen molar-refractivity contribution >= 4 is 128 Å². The number of esters is 11. The summed E-state index contributed by atoms with van der Waals surface area (Å²) in [7, 11) is -20.3. The van der Waals surface area contributed by atoms with Crippen molar-refractivity contribution in [3.8, 4) is 0 Å². The molecule has 0 aliphatic carbocycles. The average molecular weight is 2040 g/mol. The van der Waals surface area contributed by atoms with E-state index in [2.05, 4.69) is 148 Å². The molecule has 0 unspecified atom stereocenters. The Labute approximate surface area is 787 Å². The van der Waals surface area contributed by atoms with Crippen LogP contribution in [0.15, 0.2) is 187 Å². The molecule has 0 atom stereocenters. The molecule has 55 heteroatoms. The van der Waals surface area contributed by atoms with E-state index in [1.54, 1.807) is 0 Å². The van der Waals surface area contributed by atoms with E-state index in [4.69, 9.17) is 91.5 Å². The summed E-state index contributed by atoms with van der Waals surface area (Å²) >= 11 is 0. The standard InChI is InChI=1S/C18H28NO9P.C18H27O10P.C15H23N2O8P.C15H22NO9P.C15H21O10P/c1-13(2)16(20)19-7-8-26-29(23,27-11-9-24-17(21)14(3)4)28-12-10-25-18(22)15(5)6;1-13(2)16(19)23-7-10-26-29(22,27-11-8-24-17(20)14(3)4)28-12-9-25-18(21)15(5)6;1-4-13(18)16-7-9-23-26(21,24-10-8-17-14(19)5-2)25-12-11-22-15(20)6-3;1-4-13(17)16-7-8-23-26(20,24-11-9-21-14(18)5-2)25-12-10-22-15(19)6-3;1-4-13(16)20-7-10-23-26(19,24-11-8-21-14(17)5-2)25-12-9-22-15(18)6-3/h1,3,5,7-12H2,2,4,6H3,(H,19,20);1,3,5,7-12H2,2,4,6H3;4-6H,1-3,7-12H2,(H,16,18)(H,17,19);4-6H,1-3,7-12H2,(H,16,17);4-6H,1-3,7-12H2. The van der Waals surface area contributed by atoms with Crippen LogP contribution in [0.5, 0.6) is 0 Å². The van der Waals surface area contributed by atoms with Gasteiger partial charge in [-0.25, -0.2) is 75.6 Å². The Bertz CT molecular complexity index is 3520. The van der Waals surface area contributed by atoms with Gasteiger partial charge in [-0.15, -0.1) is 0 Å². The van der Waals surface area contributed by atoms with E-state index in [1.807, 2.05) is 0 Å². The Hall–Kier alpha value is -11.3. The van der Waals surface area contributed by atoms with Crippen LogP contribution in [-0.2, 0) is 215 Å². The van der Waals surface area contributed by atoms with Gasteiger partial charge >= 0.3 is 105 Å². The number of hydrogen-bond acceptors (Lipinski definition) is 46. The highest BCUT2D eigenvalue weighted by Gasteiger charge is 2.32. The van der Waals surface area contributed by atoms with Gasteiger partial charge in [-0.2, -0.15) is 0 Å². The van der Waals surface area contributed by atoms with Crippen LogP contribution in [0.25, 0.3) is 0 Å². The van der Waals surface area contributed by atoms with E-state index in [1.165, 1.54) is 41.5 Å². The highest BCUT2D eigenvalue weighted by molar-refractivity contribution is 7.49. The van der Waals surface area contributed by atoms with E-state index in [0.29, 0.717) is 5.57 Å². The number of nitrogens with one attached hydrogen (secondary N) is 4. The summed E-state index contributed by atoms with van der Waals surface area (Å²) in [6.45, 7) is 52.6. The summed E-state index contributed by atoms with van der Waals surface area (Å²) in [6.07, 6.45) is 8.96. The van der Waals surface area contributed by atoms with Crippen molar-refractivity contribution in [2.45, 2.75) is 41.5 Å². The number of hydrogen-bond donors (Lipinski definition) is 4. The molecular weight excluding hydrogens is 1920 g/mol. The first kappa shape index (κ1) is 133. The second kappa shape index (κ2) is 82.0. The van der Waals surface area contributed by atoms with Crippen LogP contribution in [0.1, 0.15) is 41.5 Å². The van der Waals surface area contributed by atoms with Gasteiger partial charge in [-0.1, -0.05) is 98.7 Å². The maximum Gasteiger partial charge on any atom is 0.475 e. The van der Waals surface area contributed by atoms with Gasteiger partial charge in [0, 0.05) is 96.1 Å². The van der Waals surface area contributed by atoms with E-state index in [9.17, 15) is 94.7 Å². The molecule has 0 spiro atoms. The molecule has 0 aromatic rings. The number of ether oxygens (including phenoxy) is 11. The lowest BCUT2D eigenvalue weighted by Gasteiger charge is -2.18. The first-order chi connectivity index (χ1) is 64.1. The zero-order valence-corrected chi connectivity index (χ0v) is 81.0. The summed E-state index contributed by atoms with van der Waals surface area (Å²) in [6, 6.07) is 0. The fourth-order valence-corrected chi connectivity index (χ4v) is 12.0. The van der Waals surface area contributed by atoms with Crippen molar-refractivity contribution in [2.24, 2.45) is 0 Å². The molecule has 50 nitrogen and oxygen atoms in total. The third-order valence-electron chi connectivity index (χ3n) is 12.6. The van der Waals surface area contributed by atoms with Gasteiger partial charge < -0.3 is 73.4 Å². The molecule has 0 saturated carbocycles. The van der Waals surface area contributed by atoms with E-state index < -0.39 is 122 Å². The third kappa shape index (κ3) is 80.0. The summed E-state index contributed by atoms with van der Waals surface area (Å²) in [5.41, 5.74) is 1.29. The number of carbonyl (C=O) groups is 15. The molecule has 0 aromatic heterocycles. The van der Waals surface area contributed by atoms with Gasteiger partial charge in [-0.05, 0) is 59.8 Å². The minimum atomic E-state index is -4.11. The van der Waals surface area contributed by atoms with Crippen LogP contribution < -0.4 is 21.3 Å². The van der Waals surface area contributed by atoms with E-state index >= 15 is 0 Å². The summed E-state index contributed by atoms with van der Waals surface area (Å²) in [5, 5.41) is 9.74. The molecule has 0 aromatic carbocycles. The topological polar surface area (TPSA) is 630 Å². The Balaban J connectivity index is -0.000000526. The fraction of sp³-hybridized carbons (Fsp3) is 0.444. The van der Waals surface area contributed by atoms with Gasteiger partial charge in [0.2, 0.25) is 23.6 Å². The van der Waals surface area contributed by atoms with Gasteiger partial charge in [0.1, 0.15) is 72.7 Å². The van der Waals surface area contributed by atoms with Crippen LogP contribution in [0.4, 0.5) is 0 Å². The van der Waals surface area contributed by atoms with E-state index in [0.717, 1.165) is 54.7 Å². The summed E-state index contributed by atoms with van der Waals surface area (Å²) in [5.74, 6) is -8.88. The largest absolute Gasteiger partial charge is 0.475 e. The maximum absolute atomic E-state index is 12.6. The molecule has 0 saturated heterocycles. The van der Waals surface area contributed by atoms with Gasteiger partial charge in [0.25, 0.3) is 0 Å². The highest BCUT2D eigenvalue weighted by atomic mass is 31.2. The SMILES string of the molecule is C=C(C)C(=O)NCCOP(=O)(OCCOC(=O)C(=C)C)OCCOC(=O)C(=C)C.C=C(C)C(=O)OCCOP(=O)(OCCOC(=O)C(=C)C)OCCOC(=O)C(=C)C.C=CC(=O)NCCOP(=O)(OCCNC(=O)C=C)OCCOC(=O)C=C.C=CC(=O)NCCOP(=O)(OCCOC(=O)C=C)OCCOC(=O)C=C.C=CC(=O)OCCOP(=O)(OCCOC(=O)C=C)OCCOC(=O)C=C. The van der Waals surface area contributed by atoms with Crippen LogP contribution >= 0.6 is 39.1 Å². The fourth-order valence-electron chi connectivity index (χ4n) is 6.38. The molecule has 0 rings (SSSR count). The van der Waals surface area contributed by atoms with Crippen molar-refractivity contribution in [1.29, 1.82) is 0 Å². The quantitative estimate of drug-likeness (QED) is 0.0153. The molecule has 0 aliphatic heterocycles. The van der Waals surface area contributed by atoms with Gasteiger partial charge in [0.05, 0.1) is 99.1 Å². The molecular formula is C81H121N4O46P5. The third-order valence-corrected chi connectivity index (χ3v) is 20.0. The Morgan fingerprint density at radius 1 is 0.191 bits per heavy atom. The maximum atomic E-state index is 12.6. The van der Waals surface area contributed by atoms with E-state index in [-0.39, 0.29) is 232 Å². The Morgan fingerprint density at radius 2 is 0.324 bits per heavy atom. The minimum absolute atomic E-state index is 0.0255. The van der Waals surface area contributed by atoms with Gasteiger partial charge in [-0.3, -0.25) is 87.0 Å². The van der Waals surface area contributed by atoms with Crippen LogP contribution in [0, 0.1) is 0 Å². The first-order valence-electron chi connectivity index (χ1n) is 39.3. The molecule has 0 bridgehead atoms. The second-order valence-corrected chi connectivity index (χ2v) is 32.4. The predicted octanol–water partition coefficient (Wildman–Crippen LogP) is 7.29. The summed E-state index contributed by atoms with van der Waals surface area (Å²) in [4.78, 5) is 166. The second-order valence-electron chi connectivity index (χ2n) is 24.1. The van der Waals surface area contributed by atoms with Crippen molar-refractivity contribution < 1.29 is 215 Å². The lowest BCUT2D eigenvalue weighted by Crippen LogP contribution is -2.27.